The second-order valence-corrected chi connectivity index (χ2v) is 7.51. The van der Waals surface area contributed by atoms with Gasteiger partial charge in [-0.15, -0.1) is 0 Å². The third-order valence-electron chi connectivity index (χ3n) is 5.17. The molecule has 0 aliphatic heterocycles. The van der Waals surface area contributed by atoms with Crippen molar-refractivity contribution in [2.24, 2.45) is 5.73 Å². The number of hydrogen-bond acceptors (Lipinski definition) is 6. The smallest absolute Gasteiger partial charge is 0.237 e. The summed E-state index contributed by atoms with van der Waals surface area (Å²) in [7, 11) is 0. The van der Waals surface area contributed by atoms with Crippen molar-refractivity contribution in [1.29, 1.82) is 5.26 Å². The maximum atomic E-state index is 12.2. The third-order valence-corrected chi connectivity index (χ3v) is 5.17. The number of benzene rings is 2. The molecular formula is C23H24N6O. The van der Waals surface area contributed by atoms with Crippen molar-refractivity contribution in [2.45, 2.75) is 31.8 Å². The number of nitrogens with zero attached hydrogens (tertiary/aromatic N) is 4. The van der Waals surface area contributed by atoms with Crippen LogP contribution in [0.2, 0.25) is 0 Å². The van der Waals surface area contributed by atoms with Crippen LogP contribution in [-0.2, 0) is 11.3 Å². The minimum Gasteiger partial charge on any atom is -0.367 e. The summed E-state index contributed by atoms with van der Waals surface area (Å²) in [5.41, 5.74) is 9.66. The van der Waals surface area contributed by atoms with E-state index in [1.54, 1.807) is 11.2 Å². The number of nitrogens with one attached hydrogen (secondary N) is 1. The highest BCUT2D eigenvalue weighted by Gasteiger charge is 2.22. The molecule has 0 bridgehead atoms. The summed E-state index contributed by atoms with van der Waals surface area (Å²) in [6.07, 6.45) is 3.81. The van der Waals surface area contributed by atoms with E-state index in [2.05, 4.69) is 27.4 Å². The molecular weight excluding hydrogens is 376 g/mol. The van der Waals surface area contributed by atoms with Gasteiger partial charge in [0.25, 0.3) is 0 Å². The Morgan fingerprint density at radius 1 is 1.20 bits per heavy atom. The zero-order valence-corrected chi connectivity index (χ0v) is 16.7. The number of fused-ring (bicyclic) bond motifs is 1. The summed E-state index contributed by atoms with van der Waals surface area (Å²) < 4.78 is 0. The molecule has 0 saturated heterocycles. The predicted molar refractivity (Wildman–Crippen MR) is 116 cm³/mol. The van der Waals surface area contributed by atoms with E-state index in [-0.39, 0.29) is 12.3 Å². The molecule has 0 radical (unpaired) electrons. The first-order valence-corrected chi connectivity index (χ1v) is 10.1. The van der Waals surface area contributed by atoms with Crippen LogP contribution in [-0.4, -0.2) is 39.9 Å². The van der Waals surface area contributed by atoms with Crippen molar-refractivity contribution < 1.29 is 4.79 Å². The van der Waals surface area contributed by atoms with Crippen LogP contribution in [0.5, 0.6) is 0 Å². The van der Waals surface area contributed by atoms with Crippen molar-refractivity contribution in [2.75, 3.05) is 18.4 Å². The average Bonchev–Trinajstić information content (AvgIpc) is 3.58. The van der Waals surface area contributed by atoms with Crippen molar-refractivity contribution >= 4 is 22.6 Å². The first-order valence-electron chi connectivity index (χ1n) is 10.1. The van der Waals surface area contributed by atoms with E-state index in [9.17, 15) is 4.79 Å². The molecule has 0 atom stereocenters. The fourth-order valence-corrected chi connectivity index (χ4v) is 3.47. The van der Waals surface area contributed by atoms with Gasteiger partial charge in [0, 0.05) is 31.1 Å². The van der Waals surface area contributed by atoms with Gasteiger partial charge in [0.05, 0.1) is 11.6 Å². The molecule has 30 heavy (non-hydrogen) atoms. The van der Waals surface area contributed by atoms with Crippen LogP contribution in [0.25, 0.3) is 22.0 Å². The molecule has 1 aliphatic carbocycles. The van der Waals surface area contributed by atoms with Crippen LogP contribution in [0.15, 0.2) is 48.8 Å². The number of amides is 1. The molecule has 3 N–H and O–H groups in total. The maximum Gasteiger partial charge on any atom is 0.237 e. The van der Waals surface area contributed by atoms with E-state index in [4.69, 9.17) is 11.0 Å². The van der Waals surface area contributed by atoms with Crippen LogP contribution >= 0.6 is 0 Å². The Morgan fingerprint density at radius 2 is 2.03 bits per heavy atom. The number of carbonyl (C=O) groups excluding carboxylic acids is 1. The van der Waals surface area contributed by atoms with Gasteiger partial charge in [0.15, 0.2) is 0 Å². The normalized spacial score (nSPS) is 13.1. The Kier molecular flexibility index (Phi) is 5.87. The number of rotatable bonds is 8. The first kappa shape index (κ1) is 19.8. The quantitative estimate of drug-likeness (QED) is 0.602. The minimum atomic E-state index is -0.202. The Balaban J connectivity index is 1.62. The zero-order valence-electron chi connectivity index (χ0n) is 16.7. The summed E-state index contributed by atoms with van der Waals surface area (Å²) in [6.45, 7) is 1.21. The molecule has 152 valence electrons. The minimum absolute atomic E-state index is 0.138. The van der Waals surface area contributed by atoms with Gasteiger partial charge in [-0.2, -0.15) is 5.26 Å². The van der Waals surface area contributed by atoms with Crippen LogP contribution < -0.4 is 11.1 Å². The van der Waals surface area contributed by atoms with E-state index in [0.717, 1.165) is 33.4 Å². The van der Waals surface area contributed by atoms with Crippen LogP contribution in [0.3, 0.4) is 0 Å². The summed E-state index contributed by atoms with van der Waals surface area (Å²) in [5, 5.41) is 13.3. The lowest BCUT2D eigenvalue weighted by Crippen LogP contribution is -2.34. The second kappa shape index (κ2) is 8.89. The highest BCUT2D eigenvalue weighted by molar-refractivity contribution is 5.92. The zero-order chi connectivity index (χ0) is 20.9. The fraction of sp³-hybridized carbons (Fsp3) is 0.304. The van der Waals surface area contributed by atoms with E-state index in [0.29, 0.717) is 25.7 Å². The number of nitrogens with two attached hydrogens (primary N) is 1. The van der Waals surface area contributed by atoms with Crippen molar-refractivity contribution in [3.05, 3.63) is 54.4 Å². The van der Waals surface area contributed by atoms with Gasteiger partial charge < -0.3 is 16.0 Å². The average molecular weight is 400 g/mol. The van der Waals surface area contributed by atoms with Gasteiger partial charge in [-0.3, -0.25) is 4.79 Å². The lowest BCUT2D eigenvalue weighted by atomic mass is 10.0. The largest absolute Gasteiger partial charge is 0.367 e. The van der Waals surface area contributed by atoms with Gasteiger partial charge in [-0.05, 0) is 47.7 Å². The van der Waals surface area contributed by atoms with Gasteiger partial charge in [-0.1, -0.05) is 24.3 Å². The number of anilines is 1. The molecule has 7 nitrogen and oxygen atoms in total. The van der Waals surface area contributed by atoms with Crippen molar-refractivity contribution in [3.63, 3.8) is 0 Å². The highest BCUT2D eigenvalue weighted by Crippen LogP contribution is 2.30. The third kappa shape index (κ3) is 4.56. The summed E-state index contributed by atoms with van der Waals surface area (Å²) in [5.74, 6) is 0.670. The Labute approximate surface area is 175 Å². The van der Waals surface area contributed by atoms with E-state index in [1.807, 2.05) is 36.4 Å². The molecule has 3 aromatic rings. The lowest BCUT2D eigenvalue weighted by Gasteiger charge is -2.21. The van der Waals surface area contributed by atoms with Crippen molar-refractivity contribution in [1.82, 2.24) is 14.9 Å². The number of nitriles is 1. The molecule has 7 heteroatoms. The molecule has 1 amide bonds. The number of hydrogen-bond donors (Lipinski definition) is 2. The lowest BCUT2D eigenvalue weighted by molar-refractivity contribution is -0.130. The van der Waals surface area contributed by atoms with Crippen LogP contribution in [0, 0.1) is 11.3 Å². The maximum absolute atomic E-state index is 12.2. The molecule has 0 unspecified atom stereocenters. The Bertz CT molecular complexity index is 1100. The SMILES string of the molecule is N#CCC(=O)N(CCN)Cc1cccc(-c2ccc3ncnc(NC4CC4)c3c2)c1. The van der Waals surface area contributed by atoms with Gasteiger partial charge in [-0.25, -0.2) is 9.97 Å². The topological polar surface area (TPSA) is 108 Å². The molecule has 4 rings (SSSR count). The molecule has 2 aromatic carbocycles. The molecule has 0 spiro atoms. The van der Waals surface area contributed by atoms with Crippen LogP contribution in [0.1, 0.15) is 24.8 Å². The van der Waals surface area contributed by atoms with E-state index < -0.39 is 0 Å². The number of carbonyl (C=O) groups is 1. The number of aromatic nitrogens is 2. The van der Waals surface area contributed by atoms with E-state index >= 15 is 0 Å². The van der Waals surface area contributed by atoms with Crippen molar-refractivity contribution in [3.8, 4) is 17.2 Å². The van der Waals surface area contributed by atoms with Gasteiger partial charge in [0.2, 0.25) is 5.91 Å². The second-order valence-electron chi connectivity index (χ2n) is 7.51. The standard InChI is InChI=1S/C23H24N6O/c24-9-8-22(30)29(11-10-25)14-16-2-1-3-17(12-16)18-4-7-21-20(13-18)23(27-15-26-21)28-19-5-6-19/h1-4,7,12-13,15,19H,5-6,8,10-11,14,25H2,(H,26,27,28). The fourth-order valence-electron chi connectivity index (χ4n) is 3.47. The first-order chi connectivity index (χ1) is 14.7. The summed E-state index contributed by atoms with van der Waals surface area (Å²) in [6, 6.07) is 16.7. The predicted octanol–water partition coefficient (Wildman–Crippen LogP) is 3.07. The highest BCUT2D eigenvalue weighted by atomic mass is 16.2. The van der Waals surface area contributed by atoms with Gasteiger partial charge >= 0.3 is 0 Å². The monoisotopic (exact) mass is 400 g/mol. The molecule has 1 aromatic heterocycles. The van der Waals surface area contributed by atoms with Crippen LogP contribution in [0.4, 0.5) is 5.82 Å². The molecule has 1 fully saturated rings. The Hall–Kier alpha value is -3.50. The summed E-state index contributed by atoms with van der Waals surface area (Å²) >= 11 is 0. The summed E-state index contributed by atoms with van der Waals surface area (Å²) in [4.78, 5) is 22.6. The van der Waals surface area contributed by atoms with E-state index in [1.165, 1.54) is 12.8 Å². The van der Waals surface area contributed by atoms with Gasteiger partial charge in [0.1, 0.15) is 18.6 Å². The molecule has 1 aliphatic rings. The molecule has 1 heterocycles. The Morgan fingerprint density at radius 3 is 2.80 bits per heavy atom. The molecule has 1 saturated carbocycles.